The van der Waals surface area contributed by atoms with Crippen molar-refractivity contribution in [2.75, 3.05) is 68.5 Å². The number of carbonyl (C=O) groups excluding carboxylic acids is 2. The molecule has 4 aliphatic carbocycles. The van der Waals surface area contributed by atoms with Crippen LogP contribution in [0, 0.1) is 11.3 Å². The Morgan fingerprint density at radius 3 is 2.42 bits per heavy atom. The molecule has 2 aromatic rings. The molecule has 11 heteroatoms. The summed E-state index contributed by atoms with van der Waals surface area (Å²) in [6.45, 7) is 6.79. The number of anilines is 4. The number of rotatable bonds is 9. The lowest BCUT2D eigenvalue weighted by Gasteiger charge is -2.42. The van der Waals surface area contributed by atoms with Gasteiger partial charge in [-0.05, 0) is 88.3 Å². The number of fused-ring (bicyclic) bond motifs is 1. The number of ether oxygens (including phenoxy) is 1. The van der Waals surface area contributed by atoms with Crippen molar-refractivity contribution in [1.82, 2.24) is 25.1 Å². The van der Waals surface area contributed by atoms with Crippen molar-refractivity contribution in [3.8, 4) is 5.75 Å². The van der Waals surface area contributed by atoms with Gasteiger partial charge in [-0.3, -0.25) is 14.5 Å². The third kappa shape index (κ3) is 6.47. The maximum absolute atomic E-state index is 13.4. The van der Waals surface area contributed by atoms with E-state index < -0.39 is 0 Å². The Morgan fingerprint density at radius 1 is 0.979 bits per heavy atom. The number of aromatic nitrogens is 2. The molecule has 1 aromatic heterocycles. The van der Waals surface area contributed by atoms with Gasteiger partial charge in [0.25, 0.3) is 5.91 Å². The predicted molar refractivity (Wildman–Crippen MR) is 187 cm³/mol. The maximum atomic E-state index is 13.4. The van der Waals surface area contributed by atoms with Gasteiger partial charge >= 0.3 is 0 Å². The van der Waals surface area contributed by atoms with Crippen molar-refractivity contribution in [2.45, 2.75) is 95.2 Å². The standard InChI is InChI=1S/C37H52N8O3/c1-42-31-22-38-36(41-33(31)45(29-5-3-4-6-29)24-37(15-16-37)35(42)47)40-30-14-9-26(21-32(30)48-2)34(46)39-27-10-12-28(13-11-27)44-19-17-43(18-20-44)23-25-7-8-25/h9,14,21-22,25,27-29H,3-8,10-13,15-20,23-24H2,1-2H3,(H,39,46)(H,38,40,41). The van der Waals surface area contributed by atoms with Crippen molar-refractivity contribution in [3.63, 3.8) is 0 Å². The van der Waals surface area contributed by atoms with Crippen LogP contribution in [0.25, 0.3) is 0 Å². The number of nitrogens with zero attached hydrogens (tertiary/aromatic N) is 6. The molecule has 6 aliphatic rings. The lowest BCUT2D eigenvalue weighted by molar-refractivity contribution is -0.122. The molecule has 258 valence electrons. The van der Waals surface area contributed by atoms with E-state index in [1.54, 1.807) is 24.3 Å². The van der Waals surface area contributed by atoms with E-state index in [9.17, 15) is 9.59 Å². The summed E-state index contributed by atoms with van der Waals surface area (Å²) in [6.07, 6.45) is 15.5. The van der Waals surface area contributed by atoms with Gasteiger partial charge in [0, 0.05) is 70.0 Å². The van der Waals surface area contributed by atoms with Crippen molar-refractivity contribution < 1.29 is 14.3 Å². The summed E-state index contributed by atoms with van der Waals surface area (Å²) in [4.78, 5) is 45.9. The van der Waals surface area contributed by atoms with Crippen LogP contribution in [0.5, 0.6) is 5.75 Å². The predicted octanol–water partition coefficient (Wildman–Crippen LogP) is 4.80. The second kappa shape index (κ2) is 13.1. The van der Waals surface area contributed by atoms with E-state index in [1.165, 1.54) is 58.4 Å². The minimum absolute atomic E-state index is 0.0628. The Kier molecular flexibility index (Phi) is 8.69. The van der Waals surface area contributed by atoms with Crippen LogP contribution in [0.15, 0.2) is 24.4 Å². The molecule has 8 rings (SSSR count). The molecule has 0 atom stereocenters. The summed E-state index contributed by atoms with van der Waals surface area (Å²) >= 11 is 0. The fourth-order valence-electron chi connectivity index (χ4n) is 8.74. The van der Waals surface area contributed by atoms with Gasteiger partial charge in [0.05, 0.1) is 24.4 Å². The summed E-state index contributed by atoms with van der Waals surface area (Å²) in [6, 6.07) is 6.73. The maximum Gasteiger partial charge on any atom is 0.251 e. The van der Waals surface area contributed by atoms with Gasteiger partial charge in [-0.15, -0.1) is 0 Å². The number of methoxy groups -OCH3 is 1. The van der Waals surface area contributed by atoms with Gasteiger partial charge in [-0.2, -0.15) is 4.98 Å². The van der Waals surface area contributed by atoms with Crippen LogP contribution in [-0.4, -0.2) is 103 Å². The average Bonchev–Trinajstić information content (AvgIpc) is 4.05. The Morgan fingerprint density at radius 2 is 1.73 bits per heavy atom. The normalized spacial score (nSPS) is 26.3. The lowest BCUT2D eigenvalue weighted by Crippen LogP contribution is -2.52. The zero-order valence-electron chi connectivity index (χ0n) is 28.8. The summed E-state index contributed by atoms with van der Waals surface area (Å²) < 4.78 is 5.74. The third-order valence-electron chi connectivity index (χ3n) is 12.1. The Hall–Kier alpha value is -3.44. The zero-order chi connectivity index (χ0) is 32.8. The molecule has 2 amide bonds. The molecule has 2 aliphatic heterocycles. The van der Waals surface area contributed by atoms with E-state index in [2.05, 4.69) is 30.3 Å². The fraction of sp³-hybridized carbons (Fsp3) is 0.676. The highest BCUT2D eigenvalue weighted by molar-refractivity contribution is 6.03. The molecule has 4 saturated carbocycles. The van der Waals surface area contributed by atoms with E-state index in [-0.39, 0.29) is 23.3 Å². The number of carbonyl (C=O) groups is 2. The fourth-order valence-corrected chi connectivity index (χ4v) is 8.74. The van der Waals surface area contributed by atoms with E-state index in [1.807, 2.05) is 19.2 Å². The summed E-state index contributed by atoms with van der Waals surface area (Å²) in [5.74, 6) is 2.90. The van der Waals surface area contributed by atoms with Crippen molar-refractivity contribution in [1.29, 1.82) is 0 Å². The highest BCUT2D eigenvalue weighted by Gasteiger charge is 2.55. The van der Waals surface area contributed by atoms with Gasteiger partial charge < -0.3 is 30.1 Å². The van der Waals surface area contributed by atoms with Gasteiger partial charge in [-0.25, -0.2) is 4.98 Å². The topological polar surface area (TPSA) is 106 Å². The number of benzene rings is 1. The second-order valence-corrected chi connectivity index (χ2v) is 15.4. The monoisotopic (exact) mass is 656 g/mol. The van der Waals surface area contributed by atoms with Gasteiger partial charge in [-0.1, -0.05) is 12.8 Å². The molecular formula is C37H52N8O3. The molecule has 11 nitrogen and oxygen atoms in total. The molecule has 1 saturated heterocycles. The molecule has 0 bridgehead atoms. The van der Waals surface area contributed by atoms with Crippen molar-refractivity contribution >= 4 is 35.0 Å². The first-order valence-corrected chi connectivity index (χ1v) is 18.5. The number of amides is 2. The van der Waals surface area contributed by atoms with Crippen LogP contribution in [0.2, 0.25) is 0 Å². The SMILES string of the molecule is COc1cc(C(=O)NC2CCC(N3CCN(CC4CC4)CC3)CC2)ccc1Nc1ncc2c(n1)N(C1CCCC1)CC1(CC1)C(=O)N2C. The first-order valence-electron chi connectivity index (χ1n) is 18.5. The smallest absolute Gasteiger partial charge is 0.251 e. The van der Waals surface area contributed by atoms with Gasteiger partial charge in [0.15, 0.2) is 5.82 Å². The molecule has 3 heterocycles. The highest BCUT2D eigenvalue weighted by Crippen LogP contribution is 2.52. The third-order valence-corrected chi connectivity index (χ3v) is 12.1. The summed E-state index contributed by atoms with van der Waals surface area (Å²) in [7, 11) is 3.47. The van der Waals surface area contributed by atoms with Gasteiger partial charge in [0.2, 0.25) is 11.9 Å². The van der Waals surface area contributed by atoms with Crippen LogP contribution < -0.4 is 25.2 Å². The van der Waals surface area contributed by atoms with Crippen LogP contribution in [0.3, 0.4) is 0 Å². The lowest BCUT2D eigenvalue weighted by atomic mass is 9.89. The minimum Gasteiger partial charge on any atom is -0.495 e. The summed E-state index contributed by atoms with van der Waals surface area (Å²) in [5, 5.41) is 6.65. The number of piperazine rings is 1. The van der Waals surface area contributed by atoms with Crippen LogP contribution in [0.4, 0.5) is 23.1 Å². The van der Waals surface area contributed by atoms with E-state index in [0.717, 1.165) is 75.3 Å². The number of hydrogen-bond donors (Lipinski definition) is 2. The second-order valence-electron chi connectivity index (χ2n) is 15.4. The Balaban J connectivity index is 0.902. The molecule has 0 radical (unpaired) electrons. The highest BCUT2D eigenvalue weighted by atomic mass is 16.5. The van der Waals surface area contributed by atoms with Crippen molar-refractivity contribution in [2.24, 2.45) is 11.3 Å². The number of hydrogen-bond acceptors (Lipinski definition) is 9. The number of nitrogens with one attached hydrogen (secondary N) is 2. The van der Waals surface area contributed by atoms with E-state index in [4.69, 9.17) is 9.72 Å². The van der Waals surface area contributed by atoms with E-state index >= 15 is 0 Å². The Bertz CT molecular complexity index is 1500. The zero-order valence-corrected chi connectivity index (χ0v) is 28.8. The average molecular weight is 657 g/mol. The minimum atomic E-state index is -0.296. The molecule has 48 heavy (non-hydrogen) atoms. The molecule has 5 fully saturated rings. The molecule has 2 N–H and O–H groups in total. The quantitative estimate of drug-likeness (QED) is 0.394. The van der Waals surface area contributed by atoms with Gasteiger partial charge in [0.1, 0.15) is 11.4 Å². The largest absolute Gasteiger partial charge is 0.495 e. The first kappa shape index (κ1) is 31.8. The molecular weight excluding hydrogens is 604 g/mol. The van der Waals surface area contributed by atoms with Crippen LogP contribution in [-0.2, 0) is 4.79 Å². The van der Waals surface area contributed by atoms with Crippen LogP contribution in [0.1, 0.15) is 87.4 Å². The molecule has 1 aromatic carbocycles. The summed E-state index contributed by atoms with van der Waals surface area (Å²) in [5.41, 5.74) is 1.74. The molecule has 1 spiro atoms. The molecule has 0 unspecified atom stereocenters. The van der Waals surface area contributed by atoms with Crippen LogP contribution >= 0.6 is 0 Å². The Labute approximate surface area is 284 Å². The first-order chi connectivity index (χ1) is 23.4. The van der Waals surface area contributed by atoms with E-state index in [0.29, 0.717) is 35.0 Å². The van der Waals surface area contributed by atoms with Crippen molar-refractivity contribution in [3.05, 3.63) is 30.0 Å².